The summed E-state index contributed by atoms with van der Waals surface area (Å²) in [4.78, 5) is 12.0. The van der Waals surface area contributed by atoms with Crippen LogP contribution in [0.3, 0.4) is 0 Å². The molecule has 2 aliphatic rings. The lowest BCUT2D eigenvalue weighted by Crippen LogP contribution is -2.51. The summed E-state index contributed by atoms with van der Waals surface area (Å²) in [6, 6.07) is 0. The number of hydrogen-bond donors (Lipinski definition) is 3. The molecular weight excluding hydrogens is 226 g/mol. The summed E-state index contributed by atoms with van der Waals surface area (Å²) >= 11 is 0. The molecular formula is C14H27N3O. The molecule has 0 radical (unpaired) electrons. The third kappa shape index (κ3) is 3.69. The molecule has 1 amide bonds. The SMILES string of the molecule is NCC1(NC(=O)CCC2CCNCC2)CCCC1. The predicted octanol–water partition coefficient (Wildman–Crippen LogP) is 1.15. The molecule has 2 rings (SSSR count). The fourth-order valence-corrected chi connectivity index (χ4v) is 3.30. The lowest BCUT2D eigenvalue weighted by molar-refractivity contribution is -0.123. The molecule has 1 aliphatic carbocycles. The van der Waals surface area contributed by atoms with Crippen molar-refractivity contribution in [2.75, 3.05) is 19.6 Å². The molecule has 0 aromatic carbocycles. The van der Waals surface area contributed by atoms with E-state index >= 15 is 0 Å². The first-order chi connectivity index (χ1) is 8.74. The van der Waals surface area contributed by atoms with Crippen molar-refractivity contribution >= 4 is 5.91 Å². The molecule has 104 valence electrons. The van der Waals surface area contributed by atoms with Crippen molar-refractivity contribution in [1.29, 1.82) is 0 Å². The molecule has 1 heterocycles. The minimum atomic E-state index is -0.0782. The van der Waals surface area contributed by atoms with Gasteiger partial charge in [0.15, 0.2) is 0 Å². The lowest BCUT2D eigenvalue weighted by Gasteiger charge is -2.29. The highest BCUT2D eigenvalue weighted by molar-refractivity contribution is 5.76. The second-order valence-electron chi connectivity index (χ2n) is 5.97. The Morgan fingerprint density at radius 3 is 2.56 bits per heavy atom. The number of nitrogens with one attached hydrogen (secondary N) is 2. The third-order valence-electron chi connectivity index (χ3n) is 4.59. The summed E-state index contributed by atoms with van der Waals surface area (Å²) in [5, 5.41) is 6.56. The quantitative estimate of drug-likeness (QED) is 0.688. The van der Waals surface area contributed by atoms with Gasteiger partial charge in [-0.3, -0.25) is 4.79 Å². The van der Waals surface area contributed by atoms with Crippen LogP contribution < -0.4 is 16.4 Å². The lowest BCUT2D eigenvalue weighted by atomic mass is 9.92. The Labute approximate surface area is 110 Å². The number of nitrogens with two attached hydrogens (primary N) is 1. The second kappa shape index (κ2) is 6.53. The Morgan fingerprint density at radius 1 is 1.28 bits per heavy atom. The normalized spacial score (nSPS) is 24.1. The van der Waals surface area contributed by atoms with Gasteiger partial charge < -0.3 is 16.4 Å². The van der Waals surface area contributed by atoms with E-state index in [1.54, 1.807) is 0 Å². The number of carbonyl (C=O) groups is 1. The summed E-state index contributed by atoms with van der Waals surface area (Å²) in [6.07, 6.45) is 8.66. The van der Waals surface area contributed by atoms with Gasteiger partial charge in [-0.15, -0.1) is 0 Å². The maximum Gasteiger partial charge on any atom is 0.220 e. The molecule has 0 spiro atoms. The van der Waals surface area contributed by atoms with Crippen LogP contribution in [0.5, 0.6) is 0 Å². The summed E-state index contributed by atoms with van der Waals surface area (Å²) in [5.41, 5.74) is 5.75. The van der Waals surface area contributed by atoms with E-state index in [0.29, 0.717) is 13.0 Å². The van der Waals surface area contributed by atoms with Gasteiger partial charge >= 0.3 is 0 Å². The van der Waals surface area contributed by atoms with E-state index in [-0.39, 0.29) is 11.4 Å². The molecule has 0 bridgehead atoms. The monoisotopic (exact) mass is 253 g/mol. The third-order valence-corrected chi connectivity index (χ3v) is 4.59. The molecule has 0 aromatic rings. The zero-order chi connectivity index (χ0) is 12.8. The van der Waals surface area contributed by atoms with Crippen molar-refractivity contribution in [2.45, 2.75) is 56.9 Å². The Bertz CT molecular complexity index is 268. The van der Waals surface area contributed by atoms with Gasteiger partial charge in [0, 0.05) is 13.0 Å². The Hall–Kier alpha value is -0.610. The highest BCUT2D eigenvalue weighted by Crippen LogP contribution is 2.29. The summed E-state index contributed by atoms with van der Waals surface area (Å²) in [6.45, 7) is 2.81. The molecule has 1 saturated carbocycles. The fourth-order valence-electron chi connectivity index (χ4n) is 3.30. The highest BCUT2D eigenvalue weighted by atomic mass is 16.1. The van der Waals surface area contributed by atoms with Crippen LogP contribution in [0.1, 0.15) is 51.4 Å². The van der Waals surface area contributed by atoms with E-state index in [9.17, 15) is 4.79 Å². The average molecular weight is 253 g/mol. The molecule has 2 fully saturated rings. The maximum atomic E-state index is 12.0. The summed E-state index contributed by atoms with van der Waals surface area (Å²) in [7, 11) is 0. The smallest absolute Gasteiger partial charge is 0.220 e. The van der Waals surface area contributed by atoms with Crippen LogP contribution in [0.4, 0.5) is 0 Å². The van der Waals surface area contributed by atoms with Gasteiger partial charge in [0.2, 0.25) is 5.91 Å². The number of carbonyl (C=O) groups excluding carboxylic acids is 1. The van der Waals surface area contributed by atoms with E-state index < -0.39 is 0 Å². The van der Waals surface area contributed by atoms with Gasteiger partial charge in [0.05, 0.1) is 5.54 Å². The predicted molar refractivity (Wildman–Crippen MR) is 73.2 cm³/mol. The molecule has 4 nitrogen and oxygen atoms in total. The number of hydrogen-bond acceptors (Lipinski definition) is 3. The topological polar surface area (TPSA) is 67.1 Å². The van der Waals surface area contributed by atoms with Gasteiger partial charge in [0.1, 0.15) is 0 Å². The first kappa shape index (κ1) is 13.8. The van der Waals surface area contributed by atoms with Gasteiger partial charge in [-0.25, -0.2) is 0 Å². The van der Waals surface area contributed by atoms with Crippen molar-refractivity contribution in [2.24, 2.45) is 11.7 Å². The van der Waals surface area contributed by atoms with Crippen LogP contribution in [-0.2, 0) is 4.79 Å². The summed E-state index contributed by atoms with van der Waals surface area (Å²) < 4.78 is 0. The van der Waals surface area contributed by atoms with E-state index in [2.05, 4.69) is 10.6 Å². The zero-order valence-corrected chi connectivity index (χ0v) is 11.3. The van der Waals surface area contributed by atoms with Gasteiger partial charge in [0.25, 0.3) is 0 Å². The molecule has 4 heteroatoms. The Morgan fingerprint density at radius 2 is 1.94 bits per heavy atom. The molecule has 0 aromatic heterocycles. The molecule has 1 saturated heterocycles. The van der Waals surface area contributed by atoms with E-state index in [1.807, 2.05) is 0 Å². The minimum Gasteiger partial charge on any atom is -0.349 e. The van der Waals surface area contributed by atoms with Crippen molar-refractivity contribution < 1.29 is 4.79 Å². The molecule has 4 N–H and O–H groups in total. The molecule has 0 unspecified atom stereocenters. The first-order valence-corrected chi connectivity index (χ1v) is 7.46. The average Bonchev–Trinajstić information content (AvgIpc) is 2.87. The standard InChI is InChI=1S/C14H27N3O/c15-11-14(7-1-2-8-14)17-13(18)4-3-12-5-9-16-10-6-12/h12,16H,1-11,15H2,(H,17,18). The fraction of sp³-hybridized carbons (Fsp3) is 0.929. The van der Waals surface area contributed by atoms with Crippen molar-refractivity contribution in [3.05, 3.63) is 0 Å². The van der Waals surface area contributed by atoms with Crippen molar-refractivity contribution in [3.63, 3.8) is 0 Å². The Kier molecular flexibility index (Phi) is 5.01. The second-order valence-corrected chi connectivity index (χ2v) is 5.97. The van der Waals surface area contributed by atoms with Crippen LogP contribution in [-0.4, -0.2) is 31.1 Å². The van der Waals surface area contributed by atoms with Gasteiger partial charge in [-0.05, 0) is 51.1 Å². The van der Waals surface area contributed by atoms with Gasteiger partial charge in [-0.2, -0.15) is 0 Å². The van der Waals surface area contributed by atoms with Crippen LogP contribution in [0.25, 0.3) is 0 Å². The van der Waals surface area contributed by atoms with Crippen molar-refractivity contribution in [1.82, 2.24) is 10.6 Å². The first-order valence-electron chi connectivity index (χ1n) is 7.46. The molecule has 0 atom stereocenters. The Balaban J connectivity index is 1.70. The van der Waals surface area contributed by atoms with Gasteiger partial charge in [-0.1, -0.05) is 12.8 Å². The van der Waals surface area contributed by atoms with Crippen LogP contribution in [0, 0.1) is 5.92 Å². The van der Waals surface area contributed by atoms with Crippen LogP contribution in [0.15, 0.2) is 0 Å². The van der Waals surface area contributed by atoms with E-state index in [4.69, 9.17) is 5.73 Å². The van der Waals surface area contributed by atoms with Crippen LogP contribution >= 0.6 is 0 Å². The highest BCUT2D eigenvalue weighted by Gasteiger charge is 2.33. The minimum absolute atomic E-state index is 0.0782. The molecule has 18 heavy (non-hydrogen) atoms. The number of piperidine rings is 1. The van der Waals surface area contributed by atoms with E-state index in [0.717, 1.165) is 38.3 Å². The van der Waals surface area contributed by atoms with E-state index in [1.165, 1.54) is 25.7 Å². The largest absolute Gasteiger partial charge is 0.349 e. The van der Waals surface area contributed by atoms with Crippen molar-refractivity contribution in [3.8, 4) is 0 Å². The summed E-state index contributed by atoms with van der Waals surface area (Å²) in [5.74, 6) is 0.940. The number of amides is 1. The zero-order valence-electron chi connectivity index (χ0n) is 11.3. The number of rotatable bonds is 5. The maximum absolute atomic E-state index is 12.0. The molecule has 1 aliphatic heterocycles. The van der Waals surface area contributed by atoms with Crippen LogP contribution in [0.2, 0.25) is 0 Å².